The molecule has 0 radical (unpaired) electrons. The summed E-state index contributed by atoms with van der Waals surface area (Å²) in [6.45, 7) is 2.49. The van der Waals surface area contributed by atoms with Crippen molar-refractivity contribution in [3.8, 4) is 0 Å². The lowest BCUT2D eigenvalue weighted by atomic mass is 10.3. The highest BCUT2D eigenvalue weighted by molar-refractivity contribution is 14.1. The van der Waals surface area contributed by atoms with Crippen LogP contribution in [0.3, 0.4) is 0 Å². The molecule has 0 aliphatic carbocycles. The predicted octanol–water partition coefficient (Wildman–Crippen LogP) is 1.58. The highest BCUT2D eigenvalue weighted by Gasteiger charge is 1.91. The van der Waals surface area contributed by atoms with E-state index in [1.54, 1.807) is 0 Å². The topological polar surface area (TPSA) is 20.2 Å². The molecule has 1 nitrogen and oxygen atoms in total. The summed E-state index contributed by atoms with van der Waals surface area (Å²) in [5.74, 6) is 0. The number of halogens is 1. The van der Waals surface area contributed by atoms with Crippen molar-refractivity contribution in [3.05, 3.63) is 0 Å². The fraction of sp³-hybridized carbons (Fsp3) is 1.00. The van der Waals surface area contributed by atoms with Crippen LogP contribution in [0.1, 0.15) is 19.8 Å². The summed E-state index contributed by atoms with van der Waals surface area (Å²) >= 11 is 2.35. The number of hydrogen-bond donors (Lipinski definition) is 1. The van der Waals surface area contributed by atoms with Crippen molar-refractivity contribution in [1.29, 1.82) is 0 Å². The van der Waals surface area contributed by atoms with Crippen LogP contribution in [0.15, 0.2) is 0 Å². The van der Waals surface area contributed by atoms with Crippen LogP contribution in [0.25, 0.3) is 0 Å². The molecule has 1 atom stereocenters. The van der Waals surface area contributed by atoms with E-state index in [2.05, 4.69) is 29.5 Å². The van der Waals surface area contributed by atoms with E-state index in [-0.39, 0.29) is 0 Å². The Morgan fingerprint density at radius 1 is 1.71 bits per heavy atom. The molecule has 0 fully saturated rings. The zero-order chi connectivity index (χ0) is 5.70. The van der Waals surface area contributed by atoms with Crippen molar-refractivity contribution < 1.29 is 5.11 Å². The molecule has 0 spiro atoms. The molecule has 0 aliphatic rings. The Morgan fingerprint density at radius 3 is 2.43 bits per heavy atom. The van der Waals surface area contributed by atoms with Gasteiger partial charge >= 0.3 is 0 Å². The van der Waals surface area contributed by atoms with Crippen LogP contribution in [-0.4, -0.2) is 15.6 Å². The second kappa shape index (κ2) is 4.84. The van der Waals surface area contributed by atoms with E-state index in [1.165, 1.54) is 0 Å². The Balaban J connectivity index is 2.68. The Labute approximate surface area is 58.3 Å². The molecule has 0 saturated carbocycles. The maximum atomic E-state index is 8.31. The van der Waals surface area contributed by atoms with E-state index in [0.717, 1.165) is 12.8 Å². The van der Waals surface area contributed by atoms with Gasteiger partial charge in [-0.15, -0.1) is 0 Å². The maximum Gasteiger partial charge on any atom is 0.0431 e. The molecule has 7 heavy (non-hydrogen) atoms. The van der Waals surface area contributed by atoms with Gasteiger partial charge in [-0.3, -0.25) is 0 Å². The third-order valence-electron chi connectivity index (χ3n) is 0.760. The zero-order valence-corrected chi connectivity index (χ0v) is 6.68. The van der Waals surface area contributed by atoms with Gasteiger partial charge in [-0.05, 0) is 12.8 Å². The first-order valence-corrected chi connectivity index (χ1v) is 3.77. The van der Waals surface area contributed by atoms with Crippen molar-refractivity contribution in [1.82, 2.24) is 0 Å². The molecule has 1 unspecified atom stereocenters. The average molecular weight is 214 g/mol. The van der Waals surface area contributed by atoms with Gasteiger partial charge in [0.15, 0.2) is 0 Å². The minimum absolute atomic E-state index is 0.341. The summed E-state index contributed by atoms with van der Waals surface area (Å²) < 4.78 is 0.713. The summed E-state index contributed by atoms with van der Waals surface area (Å²) in [6.07, 6.45) is 2.08. The van der Waals surface area contributed by atoms with Crippen LogP contribution in [0, 0.1) is 0 Å². The summed E-state index contributed by atoms with van der Waals surface area (Å²) in [7, 11) is 0. The number of aliphatic hydroxyl groups excluding tert-OH is 1. The zero-order valence-electron chi connectivity index (χ0n) is 4.52. The van der Waals surface area contributed by atoms with Crippen molar-refractivity contribution in [2.45, 2.75) is 23.7 Å². The Hall–Kier alpha value is 0.690. The second-order valence-electron chi connectivity index (χ2n) is 1.65. The molecule has 0 saturated heterocycles. The Morgan fingerprint density at radius 2 is 2.29 bits per heavy atom. The highest BCUT2D eigenvalue weighted by atomic mass is 127. The quantitative estimate of drug-likeness (QED) is 0.558. The maximum absolute atomic E-state index is 8.31. The number of rotatable bonds is 3. The summed E-state index contributed by atoms with van der Waals surface area (Å²) in [5, 5.41) is 8.31. The summed E-state index contributed by atoms with van der Waals surface area (Å²) in [4.78, 5) is 0. The van der Waals surface area contributed by atoms with Crippen molar-refractivity contribution >= 4 is 22.6 Å². The predicted molar refractivity (Wildman–Crippen MR) is 39.8 cm³/mol. The average Bonchev–Trinajstić information content (AvgIpc) is 1.61. The van der Waals surface area contributed by atoms with E-state index >= 15 is 0 Å². The van der Waals surface area contributed by atoms with Crippen molar-refractivity contribution in [3.63, 3.8) is 0 Å². The van der Waals surface area contributed by atoms with Crippen molar-refractivity contribution in [2.75, 3.05) is 6.61 Å². The van der Waals surface area contributed by atoms with Gasteiger partial charge in [-0.1, -0.05) is 29.5 Å². The van der Waals surface area contributed by atoms with Crippen LogP contribution in [-0.2, 0) is 0 Å². The van der Waals surface area contributed by atoms with Crippen LogP contribution in [0.5, 0.6) is 0 Å². The first-order chi connectivity index (χ1) is 3.27. The molecule has 0 amide bonds. The first-order valence-electron chi connectivity index (χ1n) is 2.52. The van der Waals surface area contributed by atoms with E-state index < -0.39 is 0 Å². The SMILES string of the molecule is CC(I)CCCO. The molecule has 1 N–H and O–H groups in total. The molecule has 0 aromatic heterocycles. The molecule has 0 rings (SSSR count). The standard InChI is InChI=1S/C5H11IO/c1-5(6)3-2-4-7/h5,7H,2-4H2,1H3. The fourth-order valence-electron chi connectivity index (χ4n) is 0.373. The van der Waals surface area contributed by atoms with E-state index in [4.69, 9.17) is 5.11 Å². The van der Waals surface area contributed by atoms with Gasteiger partial charge in [-0.25, -0.2) is 0 Å². The monoisotopic (exact) mass is 214 g/mol. The second-order valence-corrected chi connectivity index (χ2v) is 3.77. The van der Waals surface area contributed by atoms with Gasteiger partial charge < -0.3 is 5.11 Å². The van der Waals surface area contributed by atoms with E-state index in [9.17, 15) is 0 Å². The van der Waals surface area contributed by atoms with Gasteiger partial charge in [0.05, 0.1) is 0 Å². The summed E-state index contributed by atoms with van der Waals surface area (Å²) in [5.41, 5.74) is 0. The lowest BCUT2D eigenvalue weighted by Gasteiger charge is -1.96. The van der Waals surface area contributed by atoms with Crippen LogP contribution < -0.4 is 0 Å². The van der Waals surface area contributed by atoms with Gasteiger partial charge in [-0.2, -0.15) is 0 Å². The molecule has 0 aromatic rings. The van der Waals surface area contributed by atoms with Crippen molar-refractivity contribution in [2.24, 2.45) is 0 Å². The van der Waals surface area contributed by atoms with E-state index in [1.807, 2.05) is 0 Å². The normalized spacial score (nSPS) is 14.1. The molecule has 44 valence electrons. The van der Waals surface area contributed by atoms with Gasteiger partial charge in [0.2, 0.25) is 0 Å². The third-order valence-corrected chi connectivity index (χ3v) is 1.38. The highest BCUT2D eigenvalue weighted by Crippen LogP contribution is 2.05. The molecule has 0 aromatic carbocycles. The first kappa shape index (κ1) is 7.69. The molecule has 0 bridgehead atoms. The molecular formula is C5H11IO. The van der Waals surface area contributed by atoms with Crippen LogP contribution in [0.2, 0.25) is 0 Å². The van der Waals surface area contributed by atoms with E-state index in [0.29, 0.717) is 10.5 Å². The Kier molecular flexibility index (Phi) is 5.32. The van der Waals surface area contributed by atoms with Gasteiger partial charge in [0, 0.05) is 10.5 Å². The lowest BCUT2D eigenvalue weighted by molar-refractivity contribution is 0.285. The van der Waals surface area contributed by atoms with Crippen LogP contribution >= 0.6 is 22.6 Å². The molecule has 2 heteroatoms. The third kappa shape index (κ3) is 6.69. The number of aliphatic hydroxyl groups is 1. The minimum Gasteiger partial charge on any atom is -0.396 e. The van der Waals surface area contributed by atoms with Crippen LogP contribution in [0.4, 0.5) is 0 Å². The number of alkyl halides is 1. The Bertz CT molecular complexity index is 37.1. The minimum atomic E-state index is 0.341. The van der Waals surface area contributed by atoms with Gasteiger partial charge in [0.1, 0.15) is 0 Å². The molecule has 0 heterocycles. The molecular weight excluding hydrogens is 203 g/mol. The summed E-state index contributed by atoms with van der Waals surface area (Å²) in [6, 6.07) is 0. The van der Waals surface area contributed by atoms with Gasteiger partial charge in [0.25, 0.3) is 0 Å². The largest absolute Gasteiger partial charge is 0.396 e. The number of hydrogen-bond acceptors (Lipinski definition) is 1. The smallest absolute Gasteiger partial charge is 0.0431 e. The fourth-order valence-corrected chi connectivity index (χ4v) is 0.813. The molecule has 0 aliphatic heterocycles. The lowest BCUT2D eigenvalue weighted by Crippen LogP contribution is -1.91.